The highest BCUT2D eigenvalue weighted by molar-refractivity contribution is 5.99. The molecule has 28 heavy (non-hydrogen) atoms. The Labute approximate surface area is 167 Å². The smallest absolute Gasteiger partial charge is 0.253 e. The monoisotopic (exact) mass is 376 g/mol. The second-order valence-corrected chi connectivity index (χ2v) is 7.34. The maximum atomic E-state index is 12.7. The molecule has 0 atom stereocenters. The summed E-state index contributed by atoms with van der Waals surface area (Å²) in [7, 11) is 1.78. The normalized spacial score (nSPS) is 13.5. The predicted octanol–water partition coefficient (Wildman–Crippen LogP) is 4.58. The van der Waals surface area contributed by atoms with Crippen molar-refractivity contribution < 1.29 is 9.59 Å². The number of hydrogen-bond acceptors (Lipinski definition) is 2. The van der Waals surface area contributed by atoms with Crippen LogP contribution in [0.25, 0.3) is 0 Å². The van der Waals surface area contributed by atoms with Crippen molar-refractivity contribution in [3.05, 3.63) is 82.9 Å². The third-order valence-corrected chi connectivity index (χ3v) is 5.10. The average molecular weight is 377 g/mol. The average Bonchev–Trinajstić information content (AvgIpc) is 2.74. The van der Waals surface area contributed by atoms with Crippen LogP contribution >= 0.6 is 0 Å². The number of rotatable bonds is 7. The minimum Gasteiger partial charge on any atom is -0.352 e. The second-order valence-electron chi connectivity index (χ2n) is 7.34. The Balaban J connectivity index is 1.57. The Morgan fingerprint density at radius 1 is 1.00 bits per heavy atom. The molecular formula is C24H28N2O2. The van der Waals surface area contributed by atoms with Crippen molar-refractivity contribution in [2.75, 3.05) is 13.6 Å². The minimum atomic E-state index is -0.128. The third-order valence-electron chi connectivity index (χ3n) is 5.10. The molecule has 0 aromatic heterocycles. The van der Waals surface area contributed by atoms with Gasteiger partial charge in [0.25, 0.3) is 11.8 Å². The molecule has 0 unspecified atom stereocenters. The fraction of sp³-hybridized carbons (Fsp3) is 0.333. The summed E-state index contributed by atoms with van der Waals surface area (Å²) in [5.41, 5.74) is 3.57. The highest BCUT2D eigenvalue weighted by atomic mass is 16.2. The van der Waals surface area contributed by atoms with Crippen LogP contribution in [0.4, 0.5) is 0 Å². The van der Waals surface area contributed by atoms with Gasteiger partial charge in [0.15, 0.2) is 0 Å². The predicted molar refractivity (Wildman–Crippen MR) is 112 cm³/mol. The van der Waals surface area contributed by atoms with Crippen LogP contribution in [0, 0.1) is 0 Å². The summed E-state index contributed by atoms with van der Waals surface area (Å²) in [6.45, 7) is 1.17. The summed E-state index contributed by atoms with van der Waals surface area (Å²) < 4.78 is 0. The Morgan fingerprint density at radius 2 is 1.79 bits per heavy atom. The lowest BCUT2D eigenvalue weighted by molar-refractivity contribution is 0.0785. The van der Waals surface area contributed by atoms with Crippen LogP contribution in [-0.4, -0.2) is 30.3 Å². The van der Waals surface area contributed by atoms with Gasteiger partial charge in [-0.2, -0.15) is 0 Å². The number of nitrogens with one attached hydrogen (secondary N) is 1. The summed E-state index contributed by atoms with van der Waals surface area (Å²) in [6, 6.07) is 16.8. The maximum Gasteiger partial charge on any atom is 0.253 e. The van der Waals surface area contributed by atoms with Crippen molar-refractivity contribution in [1.29, 1.82) is 0 Å². The molecule has 146 valence electrons. The summed E-state index contributed by atoms with van der Waals surface area (Å²) in [5, 5.41) is 2.98. The number of carbonyl (C=O) groups is 2. The highest BCUT2D eigenvalue weighted by Gasteiger charge is 2.14. The summed E-state index contributed by atoms with van der Waals surface area (Å²) >= 11 is 0. The largest absolute Gasteiger partial charge is 0.352 e. The van der Waals surface area contributed by atoms with Gasteiger partial charge in [-0.25, -0.2) is 0 Å². The van der Waals surface area contributed by atoms with E-state index in [4.69, 9.17) is 0 Å². The Bertz CT molecular complexity index is 843. The van der Waals surface area contributed by atoms with E-state index in [1.807, 2.05) is 30.3 Å². The van der Waals surface area contributed by atoms with Crippen LogP contribution in [0.1, 0.15) is 58.4 Å². The van der Waals surface area contributed by atoms with Gasteiger partial charge in [0, 0.05) is 31.3 Å². The SMILES string of the molecule is CN(Cc1ccccc1)C(=O)c1cccc(C(=O)NCCC2=CCCCC2)c1. The van der Waals surface area contributed by atoms with E-state index in [2.05, 4.69) is 11.4 Å². The summed E-state index contributed by atoms with van der Waals surface area (Å²) in [5.74, 6) is -0.220. The lowest BCUT2D eigenvalue weighted by atomic mass is 9.97. The molecule has 0 heterocycles. The van der Waals surface area contributed by atoms with E-state index in [0.29, 0.717) is 24.2 Å². The molecule has 0 spiro atoms. The Hall–Kier alpha value is -2.88. The zero-order chi connectivity index (χ0) is 19.8. The molecule has 0 fully saturated rings. The molecule has 1 aliphatic rings. The van der Waals surface area contributed by atoms with Gasteiger partial charge in [-0.1, -0.05) is 48.0 Å². The van der Waals surface area contributed by atoms with Crippen molar-refractivity contribution in [2.24, 2.45) is 0 Å². The third kappa shape index (κ3) is 5.56. The van der Waals surface area contributed by atoms with E-state index in [1.165, 1.54) is 18.4 Å². The molecule has 2 aromatic carbocycles. The van der Waals surface area contributed by atoms with Crippen molar-refractivity contribution in [3.8, 4) is 0 Å². The standard InChI is InChI=1S/C24H28N2O2/c1-26(18-20-11-6-3-7-12-20)24(28)22-14-8-13-21(17-22)23(27)25-16-15-19-9-4-2-5-10-19/h3,6-9,11-14,17H,2,4-5,10,15-16,18H2,1H3,(H,25,27). The van der Waals surface area contributed by atoms with Crippen LogP contribution in [0.2, 0.25) is 0 Å². The minimum absolute atomic E-state index is 0.0918. The molecule has 4 nitrogen and oxygen atoms in total. The zero-order valence-corrected chi connectivity index (χ0v) is 16.5. The van der Waals surface area contributed by atoms with E-state index in [9.17, 15) is 9.59 Å². The number of nitrogens with zero attached hydrogens (tertiary/aromatic N) is 1. The van der Waals surface area contributed by atoms with Crippen LogP contribution in [0.3, 0.4) is 0 Å². The van der Waals surface area contributed by atoms with Crippen LogP contribution in [-0.2, 0) is 6.54 Å². The summed E-state index contributed by atoms with van der Waals surface area (Å²) in [6.07, 6.45) is 8.04. The van der Waals surface area contributed by atoms with Gasteiger partial charge in [-0.05, 0) is 55.9 Å². The van der Waals surface area contributed by atoms with Crippen molar-refractivity contribution >= 4 is 11.8 Å². The fourth-order valence-corrected chi connectivity index (χ4v) is 3.51. The first kappa shape index (κ1) is 19.9. The number of benzene rings is 2. The Morgan fingerprint density at radius 3 is 2.54 bits per heavy atom. The fourth-order valence-electron chi connectivity index (χ4n) is 3.51. The number of carbonyl (C=O) groups excluding carboxylic acids is 2. The lowest BCUT2D eigenvalue weighted by Gasteiger charge is -2.18. The molecule has 1 N–H and O–H groups in total. The van der Waals surface area contributed by atoms with Crippen LogP contribution in [0.15, 0.2) is 66.2 Å². The van der Waals surface area contributed by atoms with Gasteiger partial charge in [0.2, 0.25) is 0 Å². The van der Waals surface area contributed by atoms with Gasteiger partial charge >= 0.3 is 0 Å². The molecule has 0 bridgehead atoms. The van der Waals surface area contributed by atoms with E-state index in [-0.39, 0.29) is 11.8 Å². The quantitative estimate of drug-likeness (QED) is 0.719. The number of hydrogen-bond donors (Lipinski definition) is 1. The molecule has 3 rings (SSSR count). The van der Waals surface area contributed by atoms with Crippen LogP contribution < -0.4 is 5.32 Å². The molecule has 1 aliphatic carbocycles. The molecule has 4 heteroatoms. The van der Waals surface area contributed by atoms with Gasteiger partial charge in [-0.15, -0.1) is 0 Å². The van der Waals surface area contributed by atoms with Gasteiger partial charge in [-0.3, -0.25) is 9.59 Å². The molecule has 2 amide bonds. The summed E-state index contributed by atoms with van der Waals surface area (Å²) in [4.78, 5) is 26.9. The second kappa shape index (κ2) is 9.88. The first-order chi connectivity index (χ1) is 13.6. The maximum absolute atomic E-state index is 12.7. The van der Waals surface area contributed by atoms with Crippen molar-refractivity contribution in [2.45, 2.75) is 38.6 Å². The highest BCUT2D eigenvalue weighted by Crippen LogP contribution is 2.19. The molecule has 0 saturated carbocycles. The molecule has 2 aromatic rings. The Kier molecular flexibility index (Phi) is 7.01. The lowest BCUT2D eigenvalue weighted by Crippen LogP contribution is -2.27. The molecule has 0 aliphatic heterocycles. The van der Waals surface area contributed by atoms with Crippen LogP contribution in [0.5, 0.6) is 0 Å². The number of allylic oxidation sites excluding steroid dienone is 1. The van der Waals surface area contributed by atoms with E-state index in [1.54, 1.807) is 36.2 Å². The molecule has 0 radical (unpaired) electrons. The van der Waals surface area contributed by atoms with E-state index < -0.39 is 0 Å². The van der Waals surface area contributed by atoms with Crippen molar-refractivity contribution in [1.82, 2.24) is 10.2 Å². The molecular weight excluding hydrogens is 348 g/mol. The molecule has 0 saturated heterocycles. The van der Waals surface area contributed by atoms with Gasteiger partial charge in [0.1, 0.15) is 0 Å². The van der Waals surface area contributed by atoms with Crippen molar-refractivity contribution in [3.63, 3.8) is 0 Å². The van der Waals surface area contributed by atoms with E-state index >= 15 is 0 Å². The van der Waals surface area contributed by atoms with E-state index in [0.717, 1.165) is 24.8 Å². The zero-order valence-electron chi connectivity index (χ0n) is 16.5. The first-order valence-electron chi connectivity index (χ1n) is 9.99. The number of amides is 2. The first-order valence-corrected chi connectivity index (χ1v) is 9.99. The topological polar surface area (TPSA) is 49.4 Å². The van der Waals surface area contributed by atoms with Gasteiger partial charge < -0.3 is 10.2 Å². The van der Waals surface area contributed by atoms with Gasteiger partial charge in [0.05, 0.1) is 0 Å².